The van der Waals surface area contributed by atoms with Crippen LogP contribution in [0.4, 0.5) is 8.78 Å². The van der Waals surface area contributed by atoms with E-state index in [4.69, 9.17) is 0 Å². The SMILES string of the molecule is CCOC(=O)c1ccc(OC(F)F)c(O)c1. The molecule has 0 bridgehead atoms. The van der Waals surface area contributed by atoms with E-state index in [1.54, 1.807) is 6.92 Å². The lowest BCUT2D eigenvalue weighted by atomic mass is 10.2. The highest BCUT2D eigenvalue weighted by molar-refractivity contribution is 5.90. The number of aromatic hydroxyl groups is 1. The molecule has 6 heteroatoms. The molecule has 0 heterocycles. The zero-order valence-electron chi connectivity index (χ0n) is 8.44. The summed E-state index contributed by atoms with van der Waals surface area (Å²) in [4.78, 5) is 11.2. The summed E-state index contributed by atoms with van der Waals surface area (Å²) in [5.41, 5.74) is 0.0703. The highest BCUT2D eigenvalue weighted by atomic mass is 19.3. The quantitative estimate of drug-likeness (QED) is 0.808. The Hall–Kier alpha value is -1.85. The van der Waals surface area contributed by atoms with Crippen molar-refractivity contribution in [2.45, 2.75) is 13.5 Å². The van der Waals surface area contributed by atoms with Crippen molar-refractivity contribution in [3.8, 4) is 11.5 Å². The fraction of sp³-hybridized carbons (Fsp3) is 0.300. The van der Waals surface area contributed by atoms with Crippen molar-refractivity contribution in [1.29, 1.82) is 0 Å². The van der Waals surface area contributed by atoms with Crippen LogP contribution in [0.3, 0.4) is 0 Å². The van der Waals surface area contributed by atoms with Gasteiger partial charge in [0.25, 0.3) is 0 Å². The average molecular weight is 232 g/mol. The molecule has 4 nitrogen and oxygen atoms in total. The maximum atomic E-state index is 11.9. The number of ether oxygens (including phenoxy) is 2. The zero-order chi connectivity index (χ0) is 12.1. The molecule has 0 aliphatic rings. The Morgan fingerprint density at radius 2 is 2.19 bits per heavy atom. The molecule has 16 heavy (non-hydrogen) atoms. The third-order valence-corrected chi connectivity index (χ3v) is 1.69. The molecule has 0 spiro atoms. The summed E-state index contributed by atoms with van der Waals surface area (Å²) >= 11 is 0. The summed E-state index contributed by atoms with van der Waals surface area (Å²) in [5, 5.41) is 9.29. The van der Waals surface area contributed by atoms with Crippen LogP contribution in [0.25, 0.3) is 0 Å². The van der Waals surface area contributed by atoms with E-state index in [0.717, 1.165) is 12.1 Å². The number of halogens is 2. The Kier molecular flexibility index (Phi) is 4.04. The van der Waals surface area contributed by atoms with E-state index >= 15 is 0 Å². The second-order valence-corrected chi connectivity index (χ2v) is 2.78. The zero-order valence-corrected chi connectivity index (χ0v) is 8.44. The number of benzene rings is 1. The average Bonchev–Trinajstić information content (AvgIpc) is 2.20. The Balaban J connectivity index is 2.86. The summed E-state index contributed by atoms with van der Waals surface area (Å²) in [6.07, 6.45) is 0. The number of carbonyl (C=O) groups is 1. The van der Waals surface area contributed by atoms with Crippen LogP contribution >= 0.6 is 0 Å². The summed E-state index contributed by atoms with van der Waals surface area (Å²) in [5.74, 6) is -1.56. The minimum Gasteiger partial charge on any atom is -0.504 e. The number of esters is 1. The van der Waals surface area contributed by atoms with Crippen LogP contribution in [-0.2, 0) is 4.74 Å². The van der Waals surface area contributed by atoms with Gasteiger partial charge in [-0.15, -0.1) is 0 Å². The second kappa shape index (κ2) is 5.29. The lowest BCUT2D eigenvalue weighted by Gasteiger charge is -2.07. The standard InChI is InChI=1S/C10H10F2O4/c1-2-15-9(14)6-3-4-8(7(13)5-6)16-10(11)12/h3-5,10,13H,2H2,1H3. The predicted octanol–water partition coefficient (Wildman–Crippen LogP) is 2.17. The third-order valence-electron chi connectivity index (χ3n) is 1.69. The van der Waals surface area contributed by atoms with Crippen molar-refractivity contribution >= 4 is 5.97 Å². The Morgan fingerprint density at radius 3 is 2.69 bits per heavy atom. The van der Waals surface area contributed by atoms with Gasteiger partial charge in [-0.1, -0.05) is 0 Å². The topological polar surface area (TPSA) is 55.8 Å². The number of phenols is 1. The summed E-state index contributed by atoms with van der Waals surface area (Å²) in [6, 6.07) is 3.32. The molecule has 0 saturated heterocycles. The van der Waals surface area contributed by atoms with Crippen LogP contribution in [0.15, 0.2) is 18.2 Å². The molecule has 1 N–H and O–H groups in total. The second-order valence-electron chi connectivity index (χ2n) is 2.78. The normalized spacial score (nSPS) is 10.2. The first-order valence-electron chi connectivity index (χ1n) is 4.49. The molecule has 0 radical (unpaired) electrons. The first-order valence-corrected chi connectivity index (χ1v) is 4.49. The highest BCUT2D eigenvalue weighted by Crippen LogP contribution is 2.28. The van der Waals surface area contributed by atoms with Gasteiger partial charge in [0.05, 0.1) is 12.2 Å². The molecule has 0 atom stereocenters. The highest BCUT2D eigenvalue weighted by Gasteiger charge is 2.13. The van der Waals surface area contributed by atoms with Crippen molar-refractivity contribution in [1.82, 2.24) is 0 Å². The minimum atomic E-state index is -3.03. The van der Waals surface area contributed by atoms with Gasteiger partial charge in [0.2, 0.25) is 0 Å². The molecule has 0 aliphatic heterocycles. The number of rotatable bonds is 4. The van der Waals surface area contributed by atoms with Crippen molar-refractivity contribution in [3.05, 3.63) is 23.8 Å². The summed E-state index contributed by atoms with van der Waals surface area (Å²) in [6.45, 7) is -1.21. The van der Waals surface area contributed by atoms with Crippen LogP contribution in [0.2, 0.25) is 0 Å². The molecule has 0 aromatic heterocycles. The van der Waals surface area contributed by atoms with Crippen LogP contribution < -0.4 is 4.74 Å². The first-order chi connectivity index (χ1) is 7.54. The minimum absolute atomic E-state index is 0.0703. The van der Waals surface area contributed by atoms with E-state index in [0.29, 0.717) is 0 Å². The van der Waals surface area contributed by atoms with Crippen LogP contribution in [-0.4, -0.2) is 24.3 Å². The molecular weight excluding hydrogens is 222 g/mol. The van der Waals surface area contributed by atoms with Gasteiger partial charge in [0.15, 0.2) is 11.5 Å². The van der Waals surface area contributed by atoms with Gasteiger partial charge >= 0.3 is 12.6 Å². The monoisotopic (exact) mass is 232 g/mol. The molecule has 1 aromatic rings. The van der Waals surface area contributed by atoms with E-state index in [-0.39, 0.29) is 17.9 Å². The number of hydrogen-bond acceptors (Lipinski definition) is 4. The number of phenolic OH excluding ortho intramolecular Hbond substituents is 1. The molecule has 0 saturated carbocycles. The lowest BCUT2D eigenvalue weighted by Crippen LogP contribution is -2.06. The Bertz CT molecular complexity index is 379. The van der Waals surface area contributed by atoms with Gasteiger partial charge in [0, 0.05) is 0 Å². The molecule has 0 fully saturated rings. The first kappa shape index (κ1) is 12.2. The van der Waals surface area contributed by atoms with Crippen molar-refractivity contribution < 1.29 is 28.2 Å². The van der Waals surface area contributed by atoms with Crippen LogP contribution in [0.5, 0.6) is 11.5 Å². The Morgan fingerprint density at radius 1 is 1.50 bits per heavy atom. The molecule has 0 unspecified atom stereocenters. The van der Waals surface area contributed by atoms with Gasteiger partial charge in [-0.25, -0.2) is 4.79 Å². The number of hydrogen-bond donors (Lipinski definition) is 1. The largest absolute Gasteiger partial charge is 0.504 e. The van der Waals surface area contributed by atoms with E-state index in [9.17, 15) is 18.7 Å². The third kappa shape index (κ3) is 3.08. The van der Waals surface area contributed by atoms with Gasteiger partial charge < -0.3 is 14.6 Å². The smallest absolute Gasteiger partial charge is 0.387 e. The summed E-state index contributed by atoms with van der Waals surface area (Å²) in [7, 11) is 0. The predicted molar refractivity (Wildman–Crippen MR) is 50.7 cm³/mol. The van der Waals surface area contributed by atoms with Gasteiger partial charge in [-0.2, -0.15) is 8.78 Å². The molecule has 0 aliphatic carbocycles. The van der Waals surface area contributed by atoms with Crippen molar-refractivity contribution in [2.75, 3.05) is 6.61 Å². The number of carbonyl (C=O) groups excluding carboxylic acids is 1. The molecular formula is C10H10F2O4. The maximum absolute atomic E-state index is 11.9. The Labute approximate surface area is 90.4 Å². The summed E-state index contributed by atoms with van der Waals surface area (Å²) < 4.78 is 32.4. The molecule has 1 rings (SSSR count). The maximum Gasteiger partial charge on any atom is 0.387 e. The van der Waals surface area contributed by atoms with Crippen LogP contribution in [0.1, 0.15) is 17.3 Å². The lowest BCUT2D eigenvalue weighted by molar-refractivity contribution is -0.0512. The van der Waals surface area contributed by atoms with Gasteiger partial charge in [-0.05, 0) is 25.1 Å². The van der Waals surface area contributed by atoms with Gasteiger partial charge in [-0.3, -0.25) is 0 Å². The van der Waals surface area contributed by atoms with E-state index < -0.39 is 18.3 Å². The molecule has 88 valence electrons. The molecule has 1 aromatic carbocycles. The van der Waals surface area contributed by atoms with E-state index in [2.05, 4.69) is 9.47 Å². The van der Waals surface area contributed by atoms with E-state index in [1.165, 1.54) is 6.07 Å². The van der Waals surface area contributed by atoms with Crippen molar-refractivity contribution in [3.63, 3.8) is 0 Å². The molecule has 0 amide bonds. The van der Waals surface area contributed by atoms with Crippen molar-refractivity contribution in [2.24, 2.45) is 0 Å². The van der Waals surface area contributed by atoms with Crippen LogP contribution in [0, 0.1) is 0 Å². The van der Waals surface area contributed by atoms with Gasteiger partial charge in [0.1, 0.15) is 0 Å². The number of alkyl halides is 2. The fourth-order valence-electron chi connectivity index (χ4n) is 1.05. The fourth-order valence-corrected chi connectivity index (χ4v) is 1.05. The van der Waals surface area contributed by atoms with E-state index in [1.807, 2.05) is 0 Å².